The van der Waals surface area contributed by atoms with Crippen molar-refractivity contribution in [3.05, 3.63) is 10.7 Å². The Kier molecular flexibility index (Phi) is 2.94. The summed E-state index contributed by atoms with van der Waals surface area (Å²) < 4.78 is 9.63. The van der Waals surface area contributed by atoms with Crippen LogP contribution < -0.4 is 5.32 Å². The van der Waals surface area contributed by atoms with Gasteiger partial charge in [-0.1, -0.05) is 11.6 Å². The first-order chi connectivity index (χ1) is 5.70. The first-order valence-corrected chi connectivity index (χ1v) is 3.95. The topological polar surface area (TPSA) is 47.6 Å². The van der Waals surface area contributed by atoms with E-state index in [0.717, 1.165) is 0 Å². The van der Waals surface area contributed by atoms with Gasteiger partial charge >= 0.3 is 5.97 Å². The number of methoxy groups -OCH3 is 1. The Bertz CT molecular complexity index is 227. The Balaban J connectivity index is 2.79. The predicted molar refractivity (Wildman–Crippen MR) is 43.4 cm³/mol. The molecule has 1 aliphatic heterocycles. The van der Waals surface area contributed by atoms with E-state index >= 15 is 0 Å². The van der Waals surface area contributed by atoms with Crippen LogP contribution in [0, 0.1) is 0 Å². The van der Waals surface area contributed by atoms with E-state index in [0.29, 0.717) is 12.2 Å². The molecule has 0 radical (unpaired) electrons. The minimum absolute atomic E-state index is 0.0729. The van der Waals surface area contributed by atoms with Crippen LogP contribution in [0.2, 0.25) is 0 Å². The molecule has 1 heterocycles. The molecule has 0 saturated heterocycles. The highest BCUT2D eigenvalue weighted by Crippen LogP contribution is 2.23. The lowest BCUT2D eigenvalue weighted by Crippen LogP contribution is -2.24. The fourth-order valence-electron chi connectivity index (χ4n) is 0.939. The average Bonchev–Trinajstić information content (AvgIpc) is 2.33. The second kappa shape index (κ2) is 3.78. The number of hydrogen-bond donors (Lipinski definition) is 1. The van der Waals surface area contributed by atoms with E-state index in [2.05, 4.69) is 5.32 Å². The number of esters is 1. The van der Waals surface area contributed by atoms with Gasteiger partial charge in [0, 0.05) is 13.7 Å². The Morgan fingerprint density at radius 2 is 2.42 bits per heavy atom. The molecular weight excluding hydrogens is 182 g/mol. The number of cyclic esters (lactones) is 1. The van der Waals surface area contributed by atoms with E-state index in [9.17, 15) is 4.79 Å². The van der Waals surface area contributed by atoms with Crippen LogP contribution in [0.1, 0.15) is 6.92 Å². The number of carbonyl (C=O) groups is 1. The zero-order valence-electron chi connectivity index (χ0n) is 6.89. The van der Waals surface area contributed by atoms with Crippen molar-refractivity contribution < 1.29 is 14.3 Å². The van der Waals surface area contributed by atoms with Gasteiger partial charge in [-0.2, -0.15) is 0 Å². The smallest absolute Gasteiger partial charge is 0.354 e. The number of hydrogen-bond acceptors (Lipinski definition) is 4. The van der Waals surface area contributed by atoms with Gasteiger partial charge in [-0.25, -0.2) is 4.79 Å². The molecule has 0 bridgehead atoms. The predicted octanol–water partition coefficient (Wildman–Crippen LogP) is 0.576. The van der Waals surface area contributed by atoms with Gasteiger partial charge in [0.05, 0.1) is 0 Å². The van der Waals surface area contributed by atoms with Crippen molar-refractivity contribution in [3.8, 4) is 0 Å². The largest absolute Gasteiger partial charge is 0.425 e. The third-order valence-corrected chi connectivity index (χ3v) is 1.80. The fraction of sp³-hybridized carbons (Fsp3) is 0.571. The van der Waals surface area contributed by atoms with E-state index in [1.54, 1.807) is 0 Å². The second-order valence-corrected chi connectivity index (χ2v) is 2.61. The van der Waals surface area contributed by atoms with Gasteiger partial charge in [-0.3, -0.25) is 0 Å². The van der Waals surface area contributed by atoms with Gasteiger partial charge in [0.15, 0.2) is 5.03 Å². The van der Waals surface area contributed by atoms with Gasteiger partial charge in [0.2, 0.25) is 6.29 Å². The maximum absolute atomic E-state index is 10.9. The Morgan fingerprint density at radius 3 is 2.92 bits per heavy atom. The third kappa shape index (κ3) is 1.54. The van der Waals surface area contributed by atoms with Crippen molar-refractivity contribution in [2.45, 2.75) is 13.2 Å². The first-order valence-electron chi connectivity index (χ1n) is 3.58. The van der Waals surface area contributed by atoms with Crippen LogP contribution in [0.5, 0.6) is 0 Å². The summed E-state index contributed by atoms with van der Waals surface area (Å²) in [4.78, 5) is 10.9. The van der Waals surface area contributed by atoms with Gasteiger partial charge < -0.3 is 14.8 Å². The molecule has 0 amide bonds. The zero-order valence-corrected chi connectivity index (χ0v) is 7.64. The summed E-state index contributed by atoms with van der Waals surface area (Å²) in [5.41, 5.74) is 0.506. The molecule has 0 saturated carbocycles. The van der Waals surface area contributed by atoms with Crippen LogP contribution in [-0.2, 0) is 14.3 Å². The summed E-state index contributed by atoms with van der Waals surface area (Å²) in [7, 11) is 1.45. The van der Waals surface area contributed by atoms with Gasteiger partial charge in [-0.15, -0.1) is 0 Å². The van der Waals surface area contributed by atoms with Crippen LogP contribution in [0.3, 0.4) is 0 Å². The molecule has 1 unspecified atom stereocenters. The van der Waals surface area contributed by atoms with E-state index in [4.69, 9.17) is 21.1 Å². The van der Waals surface area contributed by atoms with Crippen molar-refractivity contribution in [2.24, 2.45) is 0 Å². The minimum Gasteiger partial charge on any atom is -0.425 e. The highest BCUT2D eigenvalue weighted by atomic mass is 35.5. The standard InChI is InChI=1S/C7H10ClNO3/c1-3-9-5-4(8)6(10)12-7(5)11-2/h7,9H,3H2,1-2H3. The molecule has 5 heteroatoms. The molecule has 1 aliphatic rings. The van der Waals surface area contributed by atoms with Crippen molar-refractivity contribution >= 4 is 17.6 Å². The van der Waals surface area contributed by atoms with E-state index < -0.39 is 12.3 Å². The highest BCUT2D eigenvalue weighted by molar-refractivity contribution is 6.42. The van der Waals surface area contributed by atoms with Gasteiger partial charge in [0.25, 0.3) is 0 Å². The summed E-state index contributed by atoms with van der Waals surface area (Å²) in [6, 6.07) is 0. The lowest BCUT2D eigenvalue weighted by atomic mass is 10.4. The average molecular weight is 192 g/mol. The van der Waals surface area contributed by atoms with Crippen molar-refractivity contribution in [1.82, 2.24) is 5.32 Å². The van der Waals surface area contributed by atoms with Crippen LogP contribution in [0.25, 0.3) is 0 Å². The maximum Gasteiger partial charge on any atom is 0.354 e. The molecule has 4 nitrogen and oxygen atoms in total. The monoisotopic (exact) mass is 191 g/mol. The van der Waals surface area contributed by atoms with Gasteiger partial charge in [-0.05, 0) is 6.92 Å². The first kappa shape index (κ1) is 9.35. The molecule has 68 valence electrons. The van der Waals surface area contributed by atoms with Crippen LogP contribution in [0.4, 0.5) is 0 Å². The number of likely N-dealkylation sites (N-methyl/N-ethyl adjacent to an activating group) is 1. The molecule has 0 spiro atoms. The number of halogens is 1. The number of nitrogens with one attached hydrogen (secondary N) is 1. The molecule has 0 aromatic heterocycles. The molecule has 12 heavy (non-hydrogen) atoms. The summed E-state index contributed by atoms with van der Waals surface area (Å²) in [6.07, 6.45) is -0.676. The number of carbonyl (C=O) groups excluding carboxylic acids is 1. The van der Waals surface area contributed by atoms with Crippen LogP contribution >= 0.6 is 11.6 Å². The molecular formula is C7H10ClNO3. The normalized spacial score (nSPS) is 22.9. The van der Waals surface area contributed by atoms with Crippen LogP contribution in [-0.4, -0.2) is 25.9 Å². The maximum atomic E-state index is 10.9. The molecule has 1 N–H and O–H groups in total. The second-order valence-electron chi connectivity index (χ2n) is 2.23. The number of ether oxygens (including phenoxy) is 2. The van der Waals surface area contributed by atoms with Crippen molar-refractivity contribution in [2.75, 3.05) is 13.7 Å². The van der Waals surface area contributed by atoms with Crippen molar-refractivity contribution in [1.29, 1.82) is 0 Å². The summed E-state index contributed by atoms with van der Waals surface area (Å²) in [6.45, 7) is 2.56. The van der Waals surface area contributed by atoms with Gasteiger partial charge in [0.1, 0.15) is 5.70 Å². The lowest BCUT2D eigenvalue weighted by molar-refractivity contribution is -0.155. The lowest BCUT2D eigenvalue weighted by Gasteiger charge is -2.11. The SMILES string of the molecule is CCNC1=C(Cl)C(=O)OC1OC. The molecule has 1 atom stereocenters. The highest BCUT2D eigenvalue weighted by Gasteiger charge is 2.32. The minimum atomic E-state index is -0.676. The number of rotatable bonds is 3. The fourth-order valence-corrected chi connectivity index (χ4v) is 1.14. The Hall–Kier alpha value is -0.740. The third-order valence-electron chi connectivity index (χ3n) is 1.45. The van der Waals surface area contributed by atoms with Crippen molar-refractivity contribution in [3.63, 3.8) is 0 Å². The zero-order chi connectivity index (χ0) is 9.14. The van der Waals surface area contributed by atoms with Crippen LogP contribution in [0.15, 0.2) is 10.7 Å². The molecule has 0 aromatic rings. The van der Waals surface area contributed by atoms with E-state index in [1.807, 2.05) is 6.92 Å². The summed E-state index contributed by atoms with van der Waals surface area (Å²) >= 11 is 5.64. The molecule has 0 aromatic carbocycles. The Labute approximate surface area is 75.5 Å². The van der Waals surface area contributed by atoms with E-state index in [1.165, 1.54) is 7.11 Å². The molecule has 0 aliphatic carbocycles. The molecule has 1 rings (SSSR count). The summed E-state index contributed by atoms with van der Waals surface area (Å²) in [5, 5.41) is 2.98. The molecule has 0 fully saturated rings. The summed E-state index contributed by atoms with van der Waals surface area (Å²) in [5.74, 6) is -0.542. The quantitative estimate of drug-likeness (QED) is 0.663. The van der Waals surface area contributed by atoms with E-state index in [-0.39, 0.29) is 5.03 Å². The Morgan fingerprint density at radius 1 is 1.75 bits per heavy atom.